The van der Waals surface area contributed by atoms with Crippen LogP contribution in [0.15, 0.2) is 30.3 Å². The van der Waals surface area contributed by atoms with Crippen molar-refractivity contribution in [2.24, 2.45) is 0 Å². The lowest BCUT2D eigenvalue weighted by atomic mass is 10.4. The molecule has 1 aromatic carbocycles. The Bertz CT molecular complexity index is 344. The summed E-state index contributed by atoms with van der Waals surface area (Å²) < 4.78 is 0. The molecule has 7 heteroatoms. The molecule has 0 aromatic heterocycles. The Balaban J connectivity index is -0.0000000256. The lowest BCUT2D eigenvalue weighted by molar-refractivity contribution is 0.560. The SMILES string of the molecule is C.C.C.C.C.C.C[Si](C)(C)C.C[Si](C)(C)O.C[Si](C)(O)c1ccccc1.O=O. The van der Waals surface area contributed by atoms with Crippen LogP contribution in [0.2, 0.25) is 58.9 Å². The standard InChI is InChI=1S/C8H12OSi.C4H12Si.C3H10OSi.6CH4.O2/c1-10(2,9)8-6-4-3-5-7-8;2*1-5(2,3)4;;;;;;;1-2/h3-7,9H,1-2H3;1-4H3;4H,1-3H3;6*1H4;. The molecule has 2 N–H and O–H groups in total. The van der Waals surface area contributed by atoms with Crippen LogP contribution in [0.3, 0.4) is 0 Å². The average Bonchev–Trinajstić information content (AvgIpc) is 2.27. The third-order valence-electron chi connectivity index (χ3n) is 1.48. The molecule has 0 aliphatic carbocycles. The van der Waals surface area contributed by atoms with Crippen LogP contribution in [0.4, 0.5) is 0 Å². The first kappa shape index (κ1) is 56.4. The van der Waals surface area contributed by atoms with Crippen LogP contribution in [0, 0.1) is 9.93 Å². The molecule has 0 saturated heterocycles. The summed E-state index contributed by atoms with van der Waals surface area (Å²) in [6.07, 6.45) is 0. The van der Waals surface area contributed by atoms with Crippen LogP contribution in [0.5, 0.6) is 0 Å². The van der Waals surface area contributed by atoms with E-state index in [1.807, 2.05) is 63.1 Å². The second-order valence-corrected chi connectivity index (χ2v) is 22.1. The Labute approximate surface area is 183 Å². The van der Waals surface area contributed by atoms with Crippen molar-refractivity contribution in [3.8, 4) is 0 Å². The number of hydrogen-bond acceptors (Lipinski definition) is 4. The topological polar surface area (TPSA) is 74.6 Å². The fraction of sp³-hybridized carbons (Fsp3) is 0.714. The van der Waals surface area contributed by atoms with E-state index >= 15 is 0 Å². The molecule has 0 unspecified atom stereocenters. The second kappa shape index (κ2) is 26.4. The Morgan fingerprint density at radius 2 is 0.750 bits per heavy atom. The van der Waals surface area contributed by atoms with Gasteiger partial charge in [-0.05, 0) is 37.9 Å². The van der Waals surface area contributed by atoms with Gasteiger partial charge in [0, 0.05) is 18.0 Å². The van der Waals surface area contributed by atoms with Crippen LogP contribution in [0.1, 0.15) is 44.6 Å². The molecule has 0 aliphatic heterocycles. The van der Waals surface area contributed by atoms with Crippen molar-refractivity contribution >= 4 is 29.9 Å². The molecule has 0 bridgehead atoms. The van der Waals surface area contributed by atoms with Gasteiger partial charge in [-0.2, -0.15) is 0 Å². The number of rotatable bonds is 1. The summed E-state index contributed by atoms with van der Waals surface area (Å²) in [7, 11) is -4.26. The van der Waals surface area contributed by atoms with E-state index in [9.17, 15) is 4.80 Å². The molecule has 0 heterocycles. The molecule has 0 atom stereocenters. The van der Waals surface area contributed by atoms with Crippen molar-refractivity contribution in [3.63, 3.8) is 0 Å². The molecule has 28 heavy (non-hydrogen) atoms. The van der Waals surface area contributed by atoms with Crippen LogP contribution in [-0.4, -0.2) is 34.3 Å². The van der Waals surface area contributed by atoms with E-state index in [1.165, 1.54) is 0 Å². The predicted octanol–water partition coefficient (Wildman–Crippen LogP) is 7.74. The fourth-order valence-corrected chi connectivity index (χ4v) is 1.85. The molecule has 0 spiro atoms. The van der Waals surface area contributed by atoms with Gasteiger partial charge in [0.05, 0.1) is 0 Å². The van der Waals surface area contributed by atoms with Gasteiger partial charge in [-0.3, -0.25) is 0 Å². The number of hydrogen-bond donors (Lipinski definition) is 2. The van der Waals surface area contributed by atoms with E-state index in [2.05, 4.69) is 26.2 Å². The molecule has 0 saturated carbocycles. The Morgan fingerprint density at radius 3 is 0.857 bits per heavy atom. The molecule has 0 aliphatic rings. The normalized spacial score (nSPS) is 8.54. The molecule has 178 valence electrons. The minimum Gasteiger partial charge on any atom is -0.433 e. The third-order valence-corrected chi connectivity index (χ3v) is 3.23. The van der Waals surface area contributed by atoms with Crippen LogP contribution in [-0.2, 0) is 0 Å². The average molecular weight is 459 g/mol. The third kappa shape index (κ3) is 84.2. The maximum absolute atomic E-state index is 9.63. The van der Waals surface area contributed by atoms with Gasteiger partial charge in [0.2, 0.25) is 8.32 Å². The summed E-state index contributed by atoms with van der Waals surface area (Å²) in [4.78, 5) is 32.3. The highest BCUT2D eigenvalue weighted by molar-refractivity contribution is 6.83. The molecule has 4 nitrogen and oxygen atoms in total. The first-order valence-electron chi connectivity index (χ1n) is 7.27. The minimum absolute atomic E-state index is 0. The van der Waals surface area contributed by atoms with Crippen LogP contribution in [0.25, 0.3) is 0 Å². The number of benzene rings is 1. The molecule has 1 rings (SSSR count). The highest BCUT2D eigenvalue weighted by Crippen LogP contribution is 1.96. The van der Waals surface area contributed by atoms with Gasteiger partial charge in [0.15, 0.2) is 8.32 Å². The minimum atomic E-state index is -2.03. The van der Waals surface area contributed by atoms with Crippen molar-refractivity contribution in [1.29, 1.82) is 0 Å². The Kier molecular flexibility index (Phi) is 53.2. The monoisotopic (exact) mass is 458 g/mol. The summed E-state index contributed by atoms with van der Waals surface area (Å²) in [5.41, 5.74) is 0. The summed E-state index contributed by atoms with van der Waals surface area (Å²) in [5, 5.41) is 1.09. The van der Waals surface area contributed by atoms with Crippen molar-refractivity contribution < 1.29 is 9.59 Å². The lowest BCUT2D eigenvalue weighted by Gasteiger charge is -2.13. The van der Waals surface area contributed by atoms with Gasteiger partial charge in [0.1, 0.15) is 0 Å². The first-order chi connectivity index (χ1) is 9.61. The highest BCUT2D eigenvalue weighted by Gasteiger charge is 2.18. The van der Waals surface area contributed by atoms with E-state index < -0.39 is 24.7 Å². The largest absolute Gasteiger partial charge is 0.433 e. The molecule has 0 radical (unpaired) electrons. The van der Waals surface area contributed by atoms with Gasteiger partial charge < -0.3 is 9.59 Å². The smallest absolute Gasteiger partial charge is 0.213 e. The quantitative estimate of drug-likeness (QED) is 0.422. The van der Waals surface area contributed by atoms with Gasteiger partial charge >= 0.3 is 0 Å². The van der Waals surface area contributed by atoms with Crippen molar-refractivity contribution in [1.82, 2.24) is 0 Å². The van der Waals surface area contributed by atoms with Gasteiger partial charge in [-0.1, -0.05) is 101 Å². The summed E-state index contributed by atoms with van der Waals surface area (Å²) in [5.74, 6) is 0. The maximum atomic E-state index is 9.63. The van der Waals surface area contributed by atoms with Crippen LogP contribution < -0.4 is 5.19 Å². The van der Waals surface area contributed by atoms with Gasteiger partial charge in [0.25, 0.3) is 0 Å². The van der Waals surface area contributed by atoms with E-state index in [1.54, 1.807) is 0 Å². The zero-order chi connectivity index (χ0) is 18.6. The molecular weight excluding hydrogens is 400 g/mol. The second-order valence-electron chi connectivity index (χ2n) is 8.10. The molecule has 1 aromatic rings. The summed E-state index contributed by atoms with van der Waals surface area (Å²) >= 11 is 0. The van der Waals surface area contributed by atoms with Crippen LogP contribution >= 0.6 is 0 Å². The van der Waals surface area contributed by atoms with E-state index in [0.717, 1.165) is 5.19 Å². The van der Waals surface area contributed by atoms with Crippen molar-refractivity contribution in [3.05, 3.63) is 40.3 Å². The molecular formula is C21H58O4Si3. The maximum Gasteiger partial charge on any atom is 0.213 e. The predicted molar refractivity (Wildman–Crippen MR) is 148 cm³/mol. The zero-order valence-electron chi connectivity index (χ0n) is 15.6. The lowest BCUT2D eigenvalue weighted by Crippen LogP contribution is -2.40. The van der Waals surface area contributed by atoms with E-state index in [-0.39, 0.29) is 44.6 Å². The summed E-state index contributed by atoms with van der Waals surface area (Å²) in [6, 6.07) is 9.84. The summed E-state index contributed by atoms with van der Waals surface area (Å²) in [6.45, 7) is 18.8. The Hall–Kier alpha value is -0.609. The Morgan fingerprint density at radius 1 is 0.571 bits per heavy atom. The highest BCUT2D eigenvalue weighted by atomic mass is 28.4. The van der Waals surface area contributed by atoms with E-state index in [0.29, 0.717) is 0 Å². The molecule has 0 fully saturated rings. The molecule has 0 amide bonds. The van der Waals surface area contributed by atoms with Gasteiger partial charge in [-0.25, -0.2) is 0 Å². The fourth-order valence-electron chi connectivity index (χ4n) is 0.846. The van der Waals surface area contributed by atoms with E-state index in [4.69, 9.17) is 14.7 Å². The van der Waals surface area contributed by atoms with Crippen molar-refractivity contribution in [2.45, 2.75) is 103 Å². The van der Waals surface area contributed by atoms with Crippen molar-refractivity contribution in [2.75, 3.05) is 0 Å². The zero-order valence-corrected chi connectivity index (χ0v) is 18.6. The van der Waals surface area contributed by atoms with Gasteiger partial charge in [-0.15, -0.1) is 0 Å². The first-order valence-corrected chi connectivity index (χ1v) is 17.7.